The van der Waals surface area contributed by atoms with E-state index in [0.29, 0.717) is 18.5 Å². The third-order valence-corrected chi connectivity index (χ3v) is 5.52. The van der Waals surface area contributed by atoms with E-state index in [1.54, 1.807) is 19.1 Å². The number of carbonyl (C=O) groups excluding carboxylic acids is 2. The van der Waals surface area contributed by atoms with E-state index in [-0.39, 0.29) is 17.9 Å². The molecule has 6 heteroatoms. The third kappa shape index (κ3) is 3.99. The summed E-state index contributed by atoms with van der Waals surface area (Å²) in [4.78, 5) is 24.1. The molecule has 1 saturated carbocycles. The summed E-state index contributed by atoms with van der Waals surface area (Å²) in [7, 11) is 0. The number of amides is 2. The Labute approximate surface area is 146 Å². The van der Waals surface area contributed by atoms with E-state index in [2.05, 4.69) is 10.6 Å². The van der Waals surface area contributed by atoms with Crippen LogP contribution in [0.2, 0.25) is 0 Å². The summed E-state index contributed by atoms with van der Waals surface area (Å²) in [6, 6.07) is 7.31. The van der Waals surface area contributed by atoms with E-state index in [0.717, 1.165) is 12.0 Å². The van der Waals surface area contributed by atoms with Gasteiger partial charge in [-0.1, -0.05) is 19.1 Å². The first-order valence-electron chi connectivity index (χ1n) is 7.75. The Morgan fingerprint density at radius 2 is 1.83 bits per heavy atom. The largest absolute Gasteiger partial charge is 0.351 e. The lowest BCUT2D eigenvalue weighted by atomic mass is 10.1. The Bertz CT molecular complexity index is 601. The number of halogens is 2. The monoisotopic (exact) mass is 356 g/mol. The average Bonchev–Trinajstić information content (AvgIpc) is 3.04. The molecule has 0 bridgehead atoms. The lowest BCUT2D eigenvalue weighted by Gasteiger charge is -2.13. The van der Waals surface area contributed by atoms with Crippen LogP contribution in [-0.4, -0.2) is 22.2 Å². The molecule has 0 heterocycles. The Morgan fingerprint density at radius 1 is 1.26 bits per heavy atom. The molecule has 23 heavy (non-hydrogen) atoms. The quantitative estimate of drug-likeness (QED) is 0.767. The second-order valence-electron chi connectivity index (χ2n) is 6.38. The summed E-state index contributed by atoms with van der Waals surface area (Å²) in [6.07, 6.45) is 1.35. The van der Waals surface area contributed by atoms with Crippen LogP contribution in [0.5, 0.6) is 0 Å². The molecule has 0 saturated heterocycles. The number of hydrogen-bond acceptors (Lipinski definition) is 2. The molecule has 4 nitrogen and oxygen atoms in total. The standard InChI is InChI=1S/C17H22Cl2N2O2/c1-4-11(2)21-14(22)13-7-5-12(6-8-13)9-20-15(23)16(3)10-17(16,18)19/h5-8,11H,4,9-10H2,1-3H3,(H,20,23)(H,21,22)/t11-,16-/m0/s1. The molecule has 1 aliphatic rings. The first kappa shape index (κ1) is 18.1. The molecular weight excluding hydrogens is 335 g/mol. The van der Waals surface area contributed by atoms with Crippen molar-refractivity contribution in [2.45, 2.75) is 50.5 Å². The van der Waals surface area contributed by atoms with Gasteiger partial charge in [0, 0.05) is 18.2 Å². The Morgan fingerprint density at radius 3 is 2.30 bits per heavy atom. The van der Waals surface area contributed by atoms with Crippen molar-refractivity contribution in [2.75, 3.05) is 0 Å². The maximum absolute atomic E-state index is 12.1. The maximum Gasteiger partial charge on any atom is 0.251 e. The van der Waals surface area contributed by atoms with Crippen molar-refractivity contribution in [1.29, 1.82) is 0 Å². The summed E-state index contributed by atoms with van der Waals surface area (Å²) in [6.45, 7) is 6.12. The number of nitrogens with one attached hydrogen (secondary N) is 2. The molecular formula is C17H22Cl2N2O2. The molecule has 2 rings (SSSR count). The number of rotatable bonds is 6. The first-order valence-corrected chi connectivity index (χ1v) is 8.51. The van der Waals surface area contributed by atoms with Crippen LogP contribution in [0.25, 0.3) is 0 Å². The van der Waals surface area contributed by atoms with Gasteiger partial charge in [-0.25, -0.2) is 0 Å². The highest BCUT2D eigenvalue weighted by Crippen LogP contribution is 2.63. The molecule has 1 fully saturated rings. The molecule has 1 aliphatic carbocycles. The van der Waals surface area contributed by atoms with Gasteiger partial charge in [-0.2, -0.15) is 0 Å². The number of alkyl halides is 2. The zero-order chi connectivity index (χ0) is 17.3. The highest BCUT2D eigenvalue weighted by Gasteiger charge is 2.67. The van der Waals surface area contributed by atoms with Crippen LogP contribution in [0.3, 0.4) is 0 Å². The smallest absolute Gasteiger partial charge is 0.251 e. The van der Waals surface area contributed by atoms with E-state index >= 15 is 0 Å². The Kier molecular flexibility index (Phi) is 5.27. The summed E-state index contributed by atoms with van der Waals surface area (Å²) in [5.41, 5.74) is 0.805. The number of benzene rings is 1. The van der Waals surface area contributed by atoms with Crippen molar-refractivity contribution in [3.63, 3.8) is 0 Å². The molecule has 1 aromatic carbocycles. The van der Waals surface area contributed by atoms with Crippen molar-refractivity contribution < 1.29 is 9.59 Å². The van der Waals surface area contributed by atoms with Gasteiger partial charge in [0.25, 0.3) is 5.91 Å². The normalized spacial score (nSPS) is 23.0. The van der Waals surface area contributed by atoms with Crippen LogP contribution in [-0.2, 0) is 11.3 Å². The SMILES string of the molecule is CC[C@H](C)NC(=O)c1ccc(CNC(=O)[C@]2(C)CC2(Cl)Cl)cc1. The highest BCUT2D eigenvalue weighted by molar-refractivity contribution is 6.53. The first-order chi connectivity index (χ1) is 10.7. The molecule has 0 unspecified atom stereocenters. The fourth-order valence-electron chi connectivity index (χ4n) is 2.21. The van der Waals surface area contributed by atoms with Gasteiger partial charge >= 0.3 is 0 Å². The van der Waals surface area contributed by atoms with E-state index in [9.17, 15) is 9.59 Å². The van der Waals surface area contributed by atoms with Gasteiger partial charge in [0.05, 0.1) is 5.41 Å². The van der Waals surface area contributed by atoms with E-state index in [1.807, 2.05) is 26.0 Å². The molecule has 0 radical (unpaired) electrons. The van der Waals surface area contributed by atoms with Crippen LogP contribution < -0.4 is 10.6 Å². The Hall–Kier alpha value is -1.26. The minimum Gasteiger partial charge on any atom is -0.351 e. The molecule has 1 aromatic rings. The van der Waals surface area contributed by atoms with Crippen LogP contribution in [0, 0.1) is 5.41 Å². The third-order valence-electron chi connectivity index (χ3n) is 4.42. The summed E-state index contributed by atoms with van der Waals surface area (Å²) in [5.74, 6) is -0.240. The lowest BCUT2D eigenvalue weighted by Crippen LogP contribution is -2.33. The molecule has 2 amide bonds. The topological polar surface area (TPSA) is 58.2 Å². The van der Waals surface area contributed by atoms with Crippen LogP contribution in [0.15, 0.2) is 24.3 Å². The molecule has 0 spiro atoms. The van der Waals surface area contributed by atoms with Crippen LogP contribution in [0.1, 0.15) is 49.5 Å². The van der Waals surface area contributed by atoms with Crippen LogP contribution in [0.4, 0.5) is 0 Å². The maximum atomic E-state index is 12.1. The zero-order valence-electron chi connectivity index (χ0n) is 13.6. The number of carbonyl (C=O) groups is 2. The summed E-state index contributed by atoms with van der Waals surface area (Å²) >= 11 is 12.0. The fraction of sp³-hybridized carbons (Fsp3) is 0.529. The highest BCUT2D eigenvalue weighted by atomic mass is 35.5. The zero-order valence-corrected chi connectivity index (χ0v) is 15.1. The molecule has 2 N–H and O–H groups in total. The predicted molar refractivity (Wildman–Crippen MR) is 92.7 cm³/mol. The molecule has 0 aliphatic heterocycles. The van der Waals surface area contributed by atoms with E-state index < -0.39 is 9.75 Å². The van der Waals surface area contributed by atoms with Gasteiger partial charge in [-0.05, 0) is 44.4 Å². The van der Waals surface area contributed by atoms with Crippen LogP contribution >= 0.6 is 23.2 Å². The fourth-order valence-corrected chi connectivity index (χ4v) is 2.91. The second-order valence-corrected chi connectivity index (χ2v) is 7.86. The predicted octanol–water partition coefficient (Wildman–Crippen LogP) is 3.42. The minimum absolute atomic E-state index is 0.0884. The number of hydrogen-bond donors (Lipinski definition) is 2. The van der Waals surface area contributed by atoms with Gasteiger partial charge in [-0.15, -0.1) is 23.2 Å². The lowest BCUT2D eigenvalue weighted by molar-refractivity contribution is -0.125. The van der Waals surface area contributed by atoms with Crippen molar-refractivity contribution >= 4 is 35.0 Å². The average molecular weight is 357 g/mol. The molecule has 126 valence electrons. The summed E-state index contributed by atoms with van der Waals surface area (Å²) in [5, 5.41) is 5.75. The Balaban J connectivity index is 1.88. The van der Waals surface area contributed by atoms with Crippen molar-refractivity contribution in [3.8, 4) is 0 Å². The summed E-state index contributed by atoms with van der Waals surface area (Å²) < 4.78 is -0.963. The van der Waals surface area contributed by atoms with Crippen molar-refractivity contribution in [1.82, 2.24) is 10.6 Å². The molecule has 2 atom stereocenters. The van der Waals surface area contributed by atoms with Gasteiger partial charge in [0.15, 0.2) is 0 Å². The van der Waals surface area contributed by atoms with E-state index in [1.165, 1.54) is 0 Å². The van der Waals surface area contributed by atoms with Gasteiger partial charge in [0.1, 0.15) is 4.33 Å². The van der Waals surface area contributed by atoms with Gasteiger partial charge in [0.2, 0.25) is 5.91 Å². The van der Waals surface area contributed by atoms with E-state index in [4.69, 9.17) is 23.2 Å². The second kappa shape index (κ2) is 6.70. The van der Waals surface area contributed by atoms with Gasteiger partial charge in [-0.3, -0.25) is 9.59 Å². The van der Waals surface area contributed by atoms with Crippen molar-refractivity contribution in [3.05, 3.63) is 35.4 Å². The minimum atomic E-state index is -0.963. The van der Waals surface area contributed by atoms with Gasteiger partial charge < -0.3 is 10.6 Å². The molecule has 0 aromatic heterocycles. The van der Waals surface area contributed by atoms with Crippen molar-refractivity contribution in [2.24, 2.45) is 5.41 Å².